The summed E-state index contributed by atoms with van der Waals surface area (Å²) in [6.07, 6.45) is 4.24. The molecule has 1 aliphatic rings. The first-order valence-electron chi connectivity index (χ1n) is 10.4. The summed E-state index contributed by atoms with van der Waals surface area (Å²) in [6, 6.07) is 1.95. The number of piperidine rings is 1. The molecule has 0 radical (unpaired) electrons. The van der Waals surface area contributed by atoms with E-state index in [0.29, 0.717) is 11.3 Å². The summed E-state index contributed by atoms with van der Waals surface area (Å²) in [6.45, 7) is -1.63. The molecule has 1 aliphatic heterocycles. The van der Waals surface area contributed by atoms with Crippen LogP contribution in [0.3, 0.4) is 0 Å². The molecule has 5 heterocycles. The fourth-order valence-electron chi connectivity index (χ4n) is 4.07. The Kier molecular flexibility index (Phi) is 5.23. The van der Waals surface area contributed by atoms with Gasteiger partial charge in [-0.2, -0.15) is 10.1 Å². The summed E-state index contributed by atoms with van der Waals surface area (Å²) in [5, 5.41) is 23.0. The first-order chi connectivity index (χ1) is 16.3. The number of anilines is 2. The molecule has 0 bridgehead atoms. The monoisotopic (exact) mass is 475 g/mol. The summed E-state index contributed by atoms with van der Waals surface area (Å²) in [5.41, 5.74) is 1.34. The fraction of sp³-hybridized carbons (Fsp3) is 0.350. The second-order valence-corrected chi connectivity index (χ2v) is 7.85. The smallest absolute Gasteiger partial charge is 0.285 e. The summed E-state index contributed by atoms with van der Waals surface area (Å²) in [7, 11) is 1.57. The molecule has 3 N–H and O–H groups in total. The largest absolute Gasteiger partial charge is 0.387 e. The molecule has 1 atom stereocenters. The van der Waals surface area contributed by atoms with Crippen LogP contribution in [0.5, 0.6) is 0 Å². The van der Waals surface area contributed by atoms with E-state index in [4.69, 9.17) is 5.11 Å². The number of nitrogens with one attached hydrogen (secondary N) is 2. The van der Waals surface area contributed by atoms with Crippen molar-refractivity contribution in [3.8, 4) is 11.3 Å². The highest BCUT2D eigenvalue weighted by molar-refractivity contribution is 5.88. The van der Waals surface area contributed by atoms with Gasteiger partial charge in [-0.3, -0.25) is 4.79 Å². The van der Waals surface area contributed by atoms with E-state index in [1.807, 2.05) is 0 Å². The van der Waals surface area contributed by atoms with Gasteiger partial charge in [0.1, 0.15) is 12.1 Å². The molecule has 1 fully saturated rings. The van der Waals surface area contributed by atoms with E-state index in [1.165, 1.54) is 9.03 Å². The average molecular weight is 475 g/mol. The Balaban J connectivity index is 1.49. The molecule has 34 heavy (non-hydrogen) atoms. The molecule has 178 valence electrons. The number of imidazole rings is 1. The zero-order valence-corrected chi connectivity index (χ0v) is 17.9. The summed E-state index contributed by atoms with van der Waals surface area (Å²) in [5.74, 6) is -4.59. The minimum absolute atomic E-state index is 0.0402. The third-order valence-corrected chi connectivity index (χ3v) is 5.72. The second-order valence-electron chi connectivity index (χ2n) is 7.85. The Morgan fingerprint density at radius 2 is 2.12 bits per heavy atom. The molecule has 14 heteroatoms. The summed E-state index contributed by atoms with van der Waals surface area (Å²) < 4.78 is 47.1. The van der Waals surface area contributed by atoms with Crippen molar-refractivity contribution in [3.63, 3.8) is 0 Å². The van der Waals surface area contributed by atoms with E-state index in [9.17, 15) is 13.6 Å². The van der Waals surface area contributed by atoms with Crippen molar-refractivity contribution in [2.24, 2.45) is 0 Å². The molecule has 0 unspecified atom stereocenters. The number of aliphatic hydroxyl groups excluding tert-OH is 1. The standard InChI is InChI=1S/C20H20F3N9O2/c1-24-18-17-16(12-2-3-14-25-5-7-31(14)28-12)11(21)8-32(17)29-19(27-18)26-13-4-6-30(15(34)9-33)10-20(13,22)23/h2-3,5,7-8,13,33H,4,6,9-10H2,1H3,(H2,24,26,27,29)/t13-/m1/s1. The Labute approximate surface area is 190 Å². The molecule has 1 saturated heterocycles. The third kappa shape index (κ3) is 3.65. The van der Waals surface area contributed by atoms with Crippen molar-refractivity contribution in [1.82, 2.24) is 34.1 Å². The topological polar surface area (TPSA) is 125 Å². The number of rotatable bonds is 5. The molecule has 0 aliphatic carbocycles. The van der Waals surface area contributed by atoms with Crippen molar-refractivity contribution < 1.29 is 23.1 Å². The number of hydrogen-bond acceptors (Lipinski definition) is 8. The molecule has 0 saturated carbocycles. The number of halogens is 3. The van der Waals surface area contributed by atoms with Crippen LogP contribution in [0.2, 0.25) is 0 Å². The number of alkyl halides is 2. The Hall–Kier alpha value is -3.94. The Morgan fingerprint density at radius 3 is 2.85 bits per heavy atom. The third-order valence-electron chi connectivity index (χ3n) is 5.72. The molecular weight excluding hydrogens is 455 g/mol. The maximum Gasteiger partial charge on any atom is 0.285 e. The molecule has 4 aromatic rings. The average Bonchev–Trinajstić information content (AvgIpc) is 3.41. The second kappa shape index (κ2) is 8.13. The van der Waals surface area contributed by atoms with Gasteiger partial charge in [-0.1, -0.05) is 0 Å². The van der Waals surface area contributed by atoms with E-state index < -0.39 is 36.8 Å². The van der Waals surface area contributed by atoms with Crippen LogP contribution in [0.15, 0.2) is 30.7 Å². The van der Waals surface area contributed by atoms with Crippen LogP contribution in [0, 0.1) is 5.82 Å². The van der Waals surface area contributed by atoms with Gasteiger partial charge >= 0.3 is 0 Å². The SMILES string of the molecule is CNc1nc(N[C@@H]2CCN(C(=O)CO)CC2(F)F)nn2cc(F)c(-c3ccc4nccn4n3)c12. The first kappa shape index (κ1) is 21.9. The zero-order chi connectivity index (χ0) is 24.0. The lowest BCUT2D eigenvalue weighted by Crippen LogP contribution is -2.56. The maximum atomic E-state index is 15.0. The minimum Gasteiger partial charge on any atom is -0.387 e. The maximum absolute atomic E-state index is 15.0. The molecule has 0 aromatic carbocycles. The highest BCUT2D eigenvalue weighted by atomic mass is 19.3. The number of fused-ring (bicyclic) bond motifs is 2. The van der Waals surface area contributed by atoms with E-state index in [-0.39, 0.29) is 35.8 Å². The molecule has 4 aromatic heterocycles. The zero-order valence-electron chi connectivity index (χ0n) is 17.9. The van der Waals surface area contributed by atoms with Crippen LogP contribution in [0.4, 0.5) is 24.9 Å². The molecular formula is C20H20F3N9O2. The van der Waals surface area contributed by atoms with Crippen LogP contribution in [-0.2, 0) is 4.79 Å². The van der Waals surface area contributed by atoms with Crippen LogP contribution < -0.4 is 10.6 Å². The van der Waals surface area contributed by atoms with Crippen LogP contribution in [-0.4, -0.2) is 83.8 Å². The van der Waals surface area contributed by atoms with Crippen molar-refractivity contribution in [2.45, 2.75) is 18.4 Å². The lowest BCUT2D eigenvalue weighted by Gasteiger charge is -2.38. The summed E-state index contributed by atoms with van der Waals surface area (Å²) in [4.78, 5) is 20.9. The van der Waals surface area contributed by atoms with E-state index in [2.05, 4.69) is 30.8 Å². The minimum atomic E-state index is -3.29. The van der Waals surface area contributed by atoms with Gasteiger partial charge in [0.05, 0.1) is 30.0 Å². The number of amides is 1. The van der Waals surface area contributed by atoms with Gasteiger partial charge in [0.25, 0.3) is 5.92 Å². The lowest BCUT2D eigenvalue weighted by atomic mass is 10.0. The first-order valence-corrected chi connectivity index (χ1v) is 10.4. The molecule has 0 spiro atoms. The number of carbonyl (C=O) groups is 1. The Morgan fingerprint density at radius 1 is 1.29 bits per heavy atom. The number of aromatic nitrogens is 6. The van der Waals surface area contributed by atoms with Gasteiger partial charge < -0.3 is 20.6 Å². The number of hydrogen-bond donors (Lipinski definition) is 3. The van der Waals surface area contributed by atoms with Crippen molar-refractivity contribution in [1.29, 1.82) is 0 Å². The predicted molar refractivity (Wildman–Crippen MR) is 115 cm³/mol. The summed E-state index contributed by atoms with van der Waals surface area (Å²) >= 11 is 0. The number of nitrogens with zero attached hydrogens (tertiary/aromatic N) is 7. The molecule has 5 rings (SSSR count). The highest BCUT2D eigenvalue weighted by Gasteiger charge is 2.46. The van der Waals surface area contributed by atoms with Gasteiger partial charge in [-0.05, 0) is 18.6 Å². The van der Waals surface area contributed by atoms with Crippen molar-refractivity contribution in [2.75, 3.05) is 37.4 Å². The van der Waals surface area contributed by atoms with Gasteiger partial charge in [0, 0.05) is 26.0 Å². The van der Waals surface area contributed by atoms with Crippen molar-refractivity contribution >= 4 is 28.8 Å². The van der Waals surface area contributed by atoms with Crippen LogP contribution >= 0.6 is 0 Å². The molecule has 1 amide bonds. The highest BCUT2D eigenvalue weighted by Crippen LogP contribution is 2.33. The number of aliphatic hydroxyl groups is 1. The van der Waals surface area contributed by atoms with Crippen molar-refractivity contribution in [3.05, 3.63) is 36.5 Å². The Bertz CT molecular complexity index is 1390. The number of likely N-dealkylation sites (tertiary alicyclic amines) is 1. The van der Waals surface area contributed by atoms with Gasteiger partial charge in [-0.15, -0.1) is 5.10 Å². The fourth-order valence-corrected chi connectivity index (χ4v) is 4.07. The lowest BCUT2D eigenvalue weighted by molar-refractivity contribution is -0.145. The van der Waals surface area contributed by atoms with Gasteiger partial charge in [0.2, 0.25) is 11.9 Å². The van der Waals surface area contributed by atoms with Gasteiger partial charge in [0.15, 0.2) is 17.3 Å². The van der Waals surface area contributed by atoms with Gasteiger partial charge in [-0.25, -0.2) is 27.2 Å². The van der Waals surface area contributed by atoms with Crippen LogP contribution in [0.1, 0.15) is 6.42 Å². The van der Waals surface area contributed by atoms with E-state index in [1.54, 1.807) is 31.6 Å². The van der Waals surface area contributed by atoms with E-state index >= 15 is 4.39 Å². The molecule has 11 nitrogen and oxygen atoms in total. The van der Waals surface area contributed by atoms with E-state index in [0.717, 1.165) is 11.1 Å². The quantitative estimate of drug-likeness (QED) is 0.394. The number of carbonyl (C=O) groups excluding carboxylic acids is 1. The normalized spacial score (nSPS) is 17.9. The predicted octanol–water partition coefficient (Wildman–Crippen LogP) is 1.26. The van der Waals surface area contributed by atoms with Crippen LogP contribution in [0.25, 0.3) is 22.4 Å².